The smallest absolute Gasteiger partial charge is 0.321 e. The van der Waals surface area contributed by atoms with E-state index in [-0.39, 0.29) is 0 Å². The van der Waals surface area contributed by atoms with Crippen molar-refractivity contribution in [2.75, 3.05) is 24.6 Å². The summed E-state index contributed by atoms with van der Waals surface area (Å²) in [5.41, 5.74) is 0.833. The third-order valence-corrected chi connectivity index (χ3v) is 4.14. The number of aliphatic hydroxyl groups is 1. The first-order valence-corrected chi connectivity index (χ1v) is 7.11. The van der Waals surface area contributed by atoms with Gasteiger partial charge in [-0.05, 0) is 5.56 Å². The average Bonchev–Trinajstić information content (AvgIpc) is 2.40. The molecule has 2 atom stereocenters. The molecule has 0 spiro atoms. The van der Waals surface area contributed by atoms with Crippen molar-refractivity contribution in [2.45, 2.75) is 12.1 Å². The average molecular weight is 267 g/mol. The van der Waals surface area contributed by atoms with Crippen LogP contribution in [0.3, 0.4) is 0 Å². The van der Waals surface area contributed by atoms with Crippen LogP contribution in [0, 0.1) is 0 Å². The highest BCUT2D eigenvalue weighted by Gasteiger charge is 2.30. The highest BCUT2D eigenvalue weighted by molar-refractivity contribution is 7.99. The van der Waals surface area contributed by atoms with Gasteiger partial charge in [-0.1, -0.05) is 30.3 Å². The molecule has 0 saturated carbocycles. The molecule has 1 fully saturated rings. The van der Waals surface area contributed by atoms with Crippen LogP contribution < -0.4 is 0 Å². The fourth-order valence-electron chi connectivity index (χ4n) is 2.09. The first kappa shape index (κ1) is 13.4. The van der Waals surface area contributed by atoms with E-state index < -0.39 is 18.1 Å². The van der Waals surface area contributed by atoms with Crippen LogP contribution >= 0.6 is 11.8 Å². The SMILES string of the molecule is O=C(O)C1CSCCN1CC(O)c1ccccc1. The summed E-state index contributed by atoms with van der Waals surface area (Å²) in [6.45, 7) is 1.09. The van der Waals surface area contributed by atoms with Gasteiger partial charge < -0.3 is 10.2 Å². The lowest BCUT2D eigenvalue weighted by Crippen LogP contribution is -2.48. The fraction of sp³-hybridized carbons (Fsp3) is 0.462. The lowest BCUT2D eigenvalue weighted by atomic mass is 10.1. The third kappa shape index (κ3) is 3.25. The first-order chi connectivity index (χ1) is 8.68. The summed E-state index contributed by atoms with van der Waals surface area (Å²) in [5, 5.41) is 19.3. The maximum Gasteiger partial charge on any atom is 0.321 e. The molecule has 4 nitrogen and oxygen atoms in total. The van der Waals surface area contributed by atoms with Crippen molar-refractivity contribution >= 4 is 17.7 Å². The molecule has 0 bridgehead atoms. The van der Waals surface area contributed by atoms with E-state index >= 15 is 0 Å². The molecular formula is C13H17NO3S. The highest BCUT2D eigenvalue weighted by atomic mass is 32.2. The molecular weight excluding hydrogens is 250 g/mol. The Hall–Kier alpha value is -1.04. The van der Waals surface area contributed by atoms with Gasteiger partial charge in [0.05, 0.1) is 6.10 Å². The Kier molecular flexibility index (Phi) is 4.63. The van der Waals surface area contributed by atoms with Gasteiger partial charge in [-0.15, -0.1) is 0 Å². The summed E-state index contributed by atoms with van der Waals surface area (Å²) in [6, 6.07) is 8.88. The van der Waals surface area contributed by atoms with E-state index in [2.05, 4.69) is 0 Å². The van der Waals surface area contributed by atoms with Crippen molar-refractivity contribution in [1.82, 2.24) is 4.90 Å². The number of aliphatic hydroxyl groups excluding tert-OH is 1. The molecule has 1 saturated heterocycles. The van der Waals surface area contributed by atoms with E-state index in [0.29, 0.717) is 18.8 Å². The number of carboxylic acid groups (broad SMARTS) is 1. The van der Waals surface area contributed by atoms with Gasteiger partial charge in [0.25, 0.3) is 0 Å². The number of nitrogens with zero attached hydrogens (tertiary/aromatic N) is 1. The zero-order valence-corrected chi connectivity index (χ0v) is 10.8. The fourth-order valence-corrected chi connectivity index (χ4v) is 3.19. The van der Waals surface area contributed by atoms with E-state index in [9.17, 15) is 9.90 Å². The number of aliphatic carboxylic acids is 1. The maximum absolute atomic E-state index is 11.1. The Bertz CT molecular complexity index is 398. The second-order valence-electron chi connectivity index (χ2n) is 4.35. The van der Waals surface area contributed by atoms with Crippen LogP contribution in [-0.2, 0) is 4.79 Å². The number of benzene rings is 1. The number of hydrogen-bond acceptors (Lipinski definition) is 4. The van der Waals surface area contributed by atoms with Crippen LogP contribution in [0.15, 0.2) is 30.3 Å². The van der Waals surface area contributed by atoms with E-state index in [1.54, 1.807) is 11.8 Å². The van der Waals surface area contributed by atoms with Crippen LogP contribution in [-0.4, -0.2) is 51.7 Å². The van der Waals surface area contributed by atoms with Gasteiger partial charge in [0.2, 0.25) is 0 Å². The molecule has 2 unspecified atom stereocenters. The third-order valence-electron chi connectivity index (χ3n) is 3.12. The predicted octanol–water partition coefficient (Wildman–Crippen LogP) is 1.22. The minimum Gasteiger partial charge on any atom is -0.480 e. The summed E-state index contributed by atoms with van der Waals surface area (Å²) in [5.74, 6) is 0.713. The number of carbonyl (C=O) groups is 1. The molecule has 2 N–H and O–H groups in total. The molecule has 1 heterocycles. The molecule has 1 aliphatic rings. The second kappa shape index (κ2) is 6.22. The van der Waals surface area contributed by atoms with Gasteiger partial charge >= 0.3 is 5.97 Å². The van der Waals surface area contributed by atoms with Crippen LogP contribution in [0.2, 0.25) is 0 Å². The molecule has 0 radical (unpaired) electrons. The Morgan fingerprint density at radius 3 is 2.83 bits per heavy atom. The standard InChI is InChI=1S/C13H17NO3S/c15-12(10-4-2-1-3-5-10)8-14-6-7-18-9-11(14)13(16)17/h1-5,11-12,15H,6-9H2,(H,16,17). The van der Waals surface area contributed by atoms with Crippen LogP contribution in [0.4, 0.5) is 0 Å². The van der Waals surface area contributed by atoms with Crippen LogP contribution in [0.5, 0.6) is 0 Å². The lowest BCUT2D eigenvalue weighted by molar-refractivity contribution is -0.142. The molecule has 0 amide bonds. The molecule has 98 valence electrons. The van der Waals surface area contributed by atoms with Gasteiger partial charge in [0.1, 0.15) is 6.04 Å². The van der Waals surface area contributed by atoms with Gasteiger partial charge in [0.15, 0.2) is 0 Å². The summed E-state index contributed by atoms with van der Waals surface area (Å²) in [7, 11) is 0. The molecule has 5 heteroatoms. The normalized spacial score (nSPS) is 22.6. The zero-order chi connectivity index (χ0) is 13.0. The van der Waals surface area contributed by atoms with E-state index in [1.165, 1.54) is 0 Å². The Balaban J connectivity index is 2.01. The van der Waals surface area contributed by atoms with Gasteiger partial charge in [-0.25, -0.2) is 0 Å². The monoisotopic (exact) mass is 267 g/mol. The Morgan fingerprint density at radius 1 is 1.44 bits per heavy atom. The van der Waals surface area contributed by atoms with Crippen molar-refractivity contribution in [3.8, 4) is 0 Å². The summed E-state index contributed by atoms with van der Waals surface area (Å²) < 4.78 is 0. The molecule has 0 aromatic heterocycles. The Morgan fingerprint density at radius 2 is 2.17 bits per heavy atom. The highest BCUT2D eigenvalue weighted by Crippen LogP contribution is 2.21. The summed E-state index contributed by atoms with van der Waals surface area (Å²) >= 11 is 1.65. The zero-order valence-electron chi connectivity index (χ0n) is 10.0. The lowest BCUT2D eigenvalue weighted by Gasteiger charge is -2.33. The molecule has 1 aromatic carbocycles. The van der Waals surface area contributed by atoms with Gasteiger partial charge in [0, 0.05) is 24.6 Å². The van der Waals surface area contributed by atoms with E-state index in [0.717, 1.165) is 11.3 Å². The van der Waals surface area contributed by atoms with Crippen molar-refractivity contribution in [3.05, 3.63) is 35.9 Å². The van der Waals surface area contributed by atoms with Crippen molar-refractivity contribution in [2.24, 2.45) is 0 Å². The van der Waals surface area contributed by atoms with E-state index in [4.69, 9.17) is 5.11 Å². The maximum atomic E-state index is 11.1. The molecule has 1 aromatic rings. The van der Waals surface area contributed by atoms with E-state index in [1.807, 2.05) is 35.2 Å². The number of hydrogen-bond donors (Lipinski definition) is 2. The molecule has 1 aliphatic heterocycles. The number of rotatable bonds is 4. The Labute approximate surface area is 111 Å². The predicted molar refractivity (Wildman–Crippen MR) is 71.7 cm³/mol. The number of β-amino-alcohol motifs (C(OH)–C–C–N with tert-alkyl or cyclic N) is 1. The van der Waals surface area contributed by atoms with Crippen LogP contribution in [0.25, 0.3) is 0 Å². The number of carboxylic acids is 1. The van der Waals surface area contributed by atoms with Gasteiger partial charge in [-0.3, -0.25) is 9.69 Å². The molecule has 2 rings (SSSR count). The topological polar surface area (TPSA) is 60.8 Å². The van der Waals surface area contributed by atoms with Crippen molar-refractivity contribution < 1.29 is 15.0 Å². The number of thioether (sulfide) groups is 1. The minimum absolute atomic E-state index is 0.377. The summed E-state index contributed by atoms with van der Waals surface area (Å²) in [4.78, 5) is 13.0. The second-order valence-corrected chi connectivity index (χ2v) is 5.50. The van der Waals surface area contributed by atoms with Gasteiger partial charge in [-0.2, -0.15) is 11.8 Å². The largest absolute Gasteiger partial charge is 0.480 e. The molecule has 0 aliphatic carbocycles. The molecule has 18 heavy (non-hydrogen) atoms. The quantitative estimate of drug-likeness (QED) is 0.859. The van der Waals surface area contributed by atoms with Crippen molar-refractivity contribution in [3.63, 3.8) is 0 Å². The first-order valence-electron chi connectivity index (χ1n) is 5.96. The minimum atomic E-state index is -0.803. The summed E-state index contributed by atoms with van der Waals surface area (Å²) in [6.07, 6.45) is -0.629. The van der Waals surface area contributed by atoms with Crippen molar-refractivity contribution in [1.29, 1.82) is 0 Å². The van der Waals surface area contributed by atoms with Crippen LogP contribution in [0.1, 0.15) is 11.7 Å².